The Morgan fingerprint density at radius 3 is 2.46 bits per heavy atom. The second-order valence-corrected chi connectivity index (χ2v) is 8.69. The highest BCUT2D eigenvalue weighted by Crippen LogP contribution is 2.49. The van der Waals surface area contributed by atoms with Gasteiger partial charge < -0.3 is 19.3 Å². The largest absolute Gasteiger partial charge is 0.453 e. The highest BCUT2D eigenvalue weighted by Gasteiger charge is 2.34. The maximum atomic E-state index is 12.4. The van der Waals surface area contributed by atoms with Crippen molar-refractivity contribution in [2.75, 3.05) is 18.0 Å². The average molecular weight is 401 g/mol. The number of amides is 1. The van der Waals surface area contributed by atoms with E-state index in [1.807, 2.05) is 57.2 Å². The predicted molar refractivity (Wildman–Crippen MR) is 111 cm³/mol. The zero-order valence-electron chi connectivity index (χ0n) is 16.4. The van der Waals surface area contributed by atoms with E-state index in [9.17, 15) is 4.79 Å². The molecular weight excluding hydrogens is 376 g/mol. The van der Waals surface area contributed by atoms with Crippen molar-refractivity contribution in [3.05, 3.63) is 47.5 Å². The summed E-state index contributed by atoms with van der Waals surface area (Å²) in [5.41, 5.74) is 1.59. The number of hydrogen-bond donors (Lipinski definition) is 0. The van der Waals surface area contributed by atoms with Crippen LogP contribution in [0.1, 0.15) is 33.6 Å². The Labute approximate surface area is 170 Å². The fraction of sp³-hybridized carbons (Fsp3) is 0.409. The molecule has 28 heavy (non-hydrogen) atoms. The lowest BCUT2D eigenvalue weighted by Crippen LogP contribution is -2.47. The van der Waals surface area contributed by atoms with Gasteiger partial charge in [0.15, 0.2) is 11.5 Å². The number of para-hydroxylation sites is 2. The molecule has 0 radical (unpaired) electrons. The van der Waals surface area contributed by atoms with Gasteiger partial charge in [-0.1, -0.05) is 23.7 Å². The summed E-state index contributed by atoms with van der Waals surface area (Å²) < 4.78 is 11.6. The van der Waals surface area contributed by atoms with Gasteiger partial charge in [0.25, 0.3) is 0 Å². The van der Waals surface area contributed by atoms with E-state index in [4.69, 9.17) is 21.1 Å². The van der Waals surface area contributed by atoms with E-state index in [2.05, 4.69) is 11.0 Å². The van der Waals surface area contributed by atoms with Gasteiger partial charge in [-0.05, 0) is 57.9 Å². The first-order valence-electron chi connectivity index (χ1n) is 9.65. The first-order valence-corrected chi connectivity index (χ1v) is 10.0. The van der Waals surface area contributed by atoms with E-state index in [0.29, 0.717) is 18.1 Å². The minimum Gasteiger partial charge on any atom is -0.453 e. The molecule has 148 valence electrons. The van der Waals surface area contributed by atoms with Gasteiger partial charge in [0.2, 0.25) is 0 Å². The number of carbonyl (C=O) groups is 1. The molecule has 0 N–H and O–H groups in total. The summed E-state index contributed by atoms with van der Waals surface area (Å²) in [7, 11) is 0. The van der Waals surface area contributed by atoms with Gasteiger partial charge in [-0.25, -0.2) is 4.79 Å². The van der Waals surface area contributed by atoms with Crippen molar-refractivity contribution in [2.45, 2.75) is 45.3 Å². The molecule has 2 aromatic rings. The number of anilines is 2. The molecule has 2 heterocycles. The lowest BCUT2D eigenvalue weighted by Gasteiger charge is -2.42. The van der Waals surface area contributed by atoms with Crippen LogP contribution in [-0.2, 0) is 4.74 Å². The van der Waals surface area contributed by atoms with Gasteiger partial charge in [-0.15, -0.1) is 0 Å². The Morgan fingerprint density at radius 2 is 1.75 bits per heavy atom. The van der Waals surface area contributed by atoms with E-state index in [0.717, 1.165) is 35.7 Å². The van der Waals surface area contributed by atoms with Crippen LogP contribution in [0.3, 0.4) is 0 Å². The van der Waals surface area contributed by atoms with Crippen molar-refractivity contribution in [3.63, 3.8) is 0 Å². The molecule has 0 bridgehead atoms. The molecule has 6 heteroatoms. The van der Waals surface area contributed by atoms with Crippen LogP contribution < -0.4 is 9.64 Å². The van der Waals surface area contributed by atoms with Crippen molar-refractivity contribution in [1.29, 1.82) is 0 Å². The van der Waals surface area contributed by atoms with Crippen LogP contribution in [0, 0.1) is 0 Å². The fourth-order valence-electron chi connectivity index (χ4n) is 3.79. The normalized spacial score (nSPS) is 16.9. The molecule has 1 amide bonds. The molecule has 0 spiro atoms. The van der Waals surface area contributed by atoms with Gasteiger partial charge in [-0.2, -0.15) is 0 Å². The second kappa shape index (κ2) is 7.21. The minimum atomic E-state index is -0.477. The molecule has 0 aromatic heterocycles. The van der Waals surface area contributed by atoms with Crippen LogP contribution in [0.5, 0.6) is 11.5 Å². The molecule has 0 saturated carbocycles. The van der Waals surface area contributed by atoms with Crippen LogP contribution in [0.4, 0.5) is 16.2 Å². The van der Waals surface area contributed by atoms with Crippen molar-refractivity contribution in [3.8, 4) is 11.5 Å². The second-order valence-electron chi connectivity index (χ2n) is 8.25. The number of ether oxygens (including phenoxy) is 2. The molecule has 2 aliphatic rings. The summed E-state index contributed by atoms with van der Waals surface area (Å²) in [4.78, 5) is 16.5. The molecule has 0 unspecified atom stereocenters. The summed E-state index contributed by atoms with van der Waals surface area (Å²) in [6.45, 7) is 7.02. The van der Waals surface area contributed by atoms with Crippen molar-refractivity contribution >= 4 is 29.1 Å². The maximum absolute atomic E-state index is 12.4. The summed E-state index contributed by atoms with van der Waals surface area (Å²) in [6, 6.07) is 14.1. The summed E-state index contributed by atoms with van der Waals surface area (Å²) in [6.07, 6.45) is 1.48. The standard InChI is InChI=1S/C22H25ClN2O3/c1-22(2,3)28-21(26)24-12-10-16(11-13-24)25-17-6-4-5-7-19(17)27-20-14-15(23)8-9-18(20)25/h4-9,14,16H,10-13H2,1-3H3. The number of fused-ring (bicyclic) bond motifs is 2. The lowest BCUT2D eigenvalue weighted by molar-refractivity contribution is 0.0206. The minimum absolute atomic E-state index is 0.236. The Kier molecular flexibility index (Phi) is 4.88. The molecule has 5 nitrogen and oxygen atoms in total. The molecule has 2 aromatic carbocycles. The first-order chi connectivity index (χ1) is 13.3. The summed E-state index contributed by atoms with van der Waals surface area (Å²) in [5.74, 6) is 1.59. The third kappa shape index (κ3) is 3.76. The highest BCUT2D eigenvalue weighted by atomic mass is 35.5. The van der Waals surface area contributed by atoms with Crippen LogP contribution in [0.2, 0.25) is 5.02 Å². The molecule has 1 saturated heterocycles. The Balaban J connectivity index is 1.56. The fourth-order valence-corrected chi connectivity index (χ4v) is 3.95. The topological polar surface area (TPSA) is 42.0 Å². The summed E-state index contributed by atoms with van der Waals surface area (Å²) in [5, 5.41) is 0.651. The van der Waals surface area contributed by atoms with E-state index >= 15 is 0 Å². The number of likely N-dealkylation sites (tertiary alicyclic amines) is 1. The SMILES string of the molecule is CC(C)(C)OC(=O)N1CCC(N2c3ccccc3Oc3cc(Cl)ccc32)CC1. The van der Waals surface area contributed by atoms with E-state index in [-0.39, 0.29) is 12.1 Å². The van der Waals surface area contributed by atoms with Crippen molar-refractivity contribution in [1.82, 2.24) is 4.90 Å². The number of hydrogen-bond acceptors (Lipinski definition) is 4. The van der Waals surface area contributed by atoms with Crippen molar-refractivity contribution < 1.29 is 14.3 Å². The van der Waals surface area contributed by atoms with Gasteiger partial charge in [0.05, 0.1) is 11.4 Å². The number of carbonyl (C=O) groups excluding carboxylic acids is 1. The average Bonchev–Trinajstić information content (AvgIpc) is 2.65. The van der Waals surface area contributed by atoms with Gasteiger partial charge in [-0.3, -0.25) is 0 Å². The van der Waals surface area contributed by atoms with Crippen LogP contribution in [0.25, 0.3) is 0 Å². The summed E-state index contributed by atoms with van der Waals surface area (Å²) >= 11 is 6.19. The number of piperidine rings is 1. The number of halogens is 1. The number of benzene rings is 2. The zero-order valence-corrected chi connectivity index (χ0v) is 17.2. The predicted octanol–water partition coefficient (Wildman–Crippen LogP) is 5.98. The Bertz CT molecular complexity index is 886. The Morgan fingerprint density at radius 1 is 1.07 bits per heavy atom. The van der Waals surface area contributed by atoms with Crippen LogP contribution in [-0.4, -0.2) is 35.7 Å². The first kappa shape index (κ1) is 18.9. The lowest BCUT2D eigenvalue weighted by atomic mass is 10.00. The van der Waals surface area contributed by atoms with Crippen LogP contribution >= 0.6 is 11.6 Å². The molecule has 0 aliphatic carbocycles. The van der Waals surface area contributed by atoms with Crippen LogP contribution in [0.15, 0.2) is 42.5 Å². The van der Waals surface area contributed by atoms with E-state index in [1.165, 1.54) is 0 Å². The molecule has 4 rings (SSSR count). The molecular formula is C22H25ClN2O3. The smallest absolute Gasteiger partial charge is 0.410 e. The monoisotopic (exact) mass is 400 g/mol. The van der Waals surface area contributed by atoms with Gasteiger partial charge in [0, 0.05) is 30.2 Å². The maximum Gasteiger partial charge on any atom is 0.410 e. The highest BCUT2D eigenvalue weighted by molar-refractivity contribution is 6.30. The Hall–Kier alpha value is -2.40. The quantitative estimate of drug-likeness (QED) is 0.590. The number of nitrogens with zero attached hydrogens (tertiary/aromatic N) is 2. The molecule has 1 fully saturated rings. The third-order valence-electron chi connectivity index (χ3n) is 5.01. The van der Waals surface area contributed by atoms with Gasteiger partial charge >= 0.3 is 6.09 Å². The molecule has 0 atom stereocenters. The molecule has 2 aliphatic heterocycles. The van der Waals surface area contributed by atoms with Gasteiger partial charge in [0.1, 0.15) is 5.60 Å². The third-order valence-corrected chi connectivity index (χ3v) is 5.24. The van der Waals surface area contributed by atoms with E-state index in [1.54, 1.807) is 4.90 Å². The van der Waals surface area contributed by atoms with E-state index < -0.39 is 5.60 Å². The van der Waals surface area contributed by atoms with Crippen molar-refractivity contribution in [2.24, 2.45) is 0 Å². The zero-order chi connectivity index (χ0) is 19.9. The number of rotatable bonds is 1.